The second kappa shape index (κ2) is 3.91. The van der Waals surface area contributed by atoms with E-state index in [2.05, 4.69) is 15.2 Å². The first-order valence-electron chi connectivity index (χ1n) is 3.51. The molecule has 2 N–H and O–H groups in total. The highest BCUT2D eigenvalue weighted by Gasteiger charge is 2.04. The Balaban J connectivity index is 0.000000845. The fourth-order valence-corrected chi connectivity index (χ4v) is 1.000. The van der Waals surface area contributed by atoms with Gasteiger partial charge >= 0.3 is 0 Å². The van der Waals surface area contributed by atoms with E-state index < -0.39 is 0 Å². The van der Waals surface area contributed by atoms with Crippen molar-refractivity contribution < 1.29 is 5.11 Å². The van der Waals surface area contributed by atoms with Crippen LogP contribution in [-0.2, 0) is 0 Å². The molecule has 2 heterocycles. The summed E-state index contributed by atoms with van der Waals surface area (Å²) < 4.78 is 0. The molecule has 0 spiro atoms. The highest BCUT2D eigenvalue weighted by molar-refractivity contribution is 5.85. The van der Waals surface area contributed by atoms with Crippen molar-refractivity contribution >= 4 is 12.4 Å². The molecule has 0 saturated heterocycles. The summed E-state index contributed by atoms with van der Waals surface area (Å²) in [6.07, 6.45) is 4.92. The van der Waals surface area contributed by atoms with Gasteiger partial charge in [0.1, 0.15) is 11.4 Å². The molecule has 2 aromatic rings. The zero-order valence-electron chi connectivity index (χ0n) is 6.64. The lowest BCUT2D eigenvalue weighted by Gasteiger charge is -1.97. The Hall–Kier alpha value is -1.55. The minimum atomic E-state index is 0. The van der Waals surface area contributed by atoms with Crippen molar-refractivity contribution in [1.29, 1.82) is 0 Å². The molecule has 2 aromatic heterocycles. The number of nitrogens with one attached hydrogen (secondary N) is 1. The van der Waals surface area contributed by atoms with Crippen LogP contribution in [-0.4, -0.2) is 20.3 Å². The number of hydrogen-bond donors (Lipinski definition) is 2. The fraction of sp³-hybridized carbons (Fsp3) is 0. The van der Waals surface area contributed by atoms with E-state index in [1.165, 1.54) is 0 Å². The first-order valence-corrected chi connectivity index (χ1v) is 3.51. The van der Waals surface area contributed by atoms with Crippen molar-refractivity contribution in [2.24, 2.45) is 0 Å². The van der Waals surface area contributed by atoms with Crippen molar-refractivity contribution in [3.8, 4) is 17.0 Å². The number of pyridine rings is 1. The molecule has 2 rings (SSSR count). The van der Waals surface area contributed by atoms with Gasteiger partial charge in [-0.15, -0.1) is 12.4 Å². The Kier molecular flexibility index (Phi) is 2.87. The van der Waals surface area contributed by atoms with Crippen molar-refractivity contribution in [3.05, 3.63) is 30.7 Å². The average molecular weight is 198 g/mol. The van der Waals surface area contributed by atoms with Crippen molar-refractivity contribution in [2.45, 2.75) is 0 Å². The second-order valence-corrected chi connectivity index (χ2v) is 2.36. The van der Waals surface area contributed by atoms with Gasteiger partial charge in [0, 0.05) is 18.0 Å². The summed E-state index contributed by atoms with van der Waals surface area (Å²) in [5.74, 6) is 0.166. The van der Waals surface area contributed by atoms with Gasteiger partial charge in [-0.1, -0.05) is 0 Å². The van der Waals surface area contributed by atoms with Gasteiger partial charge in [0.25, 0.3) is 0 Å². The average Bonchev–Trinajstić information content (AvgIpc) is 2.57. The molecule has 4 nitrogen and oxygen atoms in total. The first-order chi connectivity index (χ1) is 5.88. The number of hydrogen-bond acceptors (Lipinski definition) is 3. The van der Waals surface area contributed by atoms with E-state index in [-0.39, 0.29) is 18.2 Å². The zero-order valence-corrected chi connectivity index (χ0v) is 7.45. The summed E-state index contributed by atoms with van der Waals surface area (Å²) in [7, 11) is 0. The number of aromatic nitrogens is 3. The van der Waals surface area contributed by atoms with Crippen LogP contribution < -0.4 is 0 Å². The van der Waals surface area contributed by atoms with Gasteiger partial charge in [-0.25, -0.2) is 0 Å². The first kappa shape index (κ1) is 9.54. The Morgan fingerprint density at radius 2 is 2.23 bits per heavy atom. The second-order valence-electron chi connectivity index (χ2n) is 2.36. The maximum atomic E-state index is 9.38. The Bertz CT molecular complexity index is 375. The molecule has 0 aliphatic heterocycles. The molecular formula is C8H8ClN3O. The minimum absolute atomic E-state index is 0. The van der Waals surface area contributed by atoms with Gasteiger partial charge in [0.05, 0.1) is 6.20 Å². The monoisotopic (exact) mass is 197 g/mol. The standard InChI is InChI=1S/C8H7N3O.ClH/c12-7-2-1-3-9-8(7)6-4-10-11-5-6;/h1-5,12H,(H,10,11);1H. The van der Waals surface area contributed by atoms with Gasteiger partial charge in [-0.3, -0.25) is 10.1 Å². The molecule has 0 amide bonds. The van der Waals surface area contributed by atoms with Crippen LogP contribution in [0.2, 0.25) is 0 Å². The number of halogens is 1. The molecule has 5 heteroatoms. The van der Waals surface area contributed by atoms with E-state index in [9.17, 15) is 5.11 Å². The number of aromatic amines is 1. The van der Waals surface area contributed by atoms with Crippen molar-refractivity contribution in [3.63, 3.8) is 0 Å². The van der Waals surface area contributed by atoms with E-state index in [0.717, 1.165) is 5.56 Å². The molecule has 0 bridgehead atoms. The predicted molar refractivity (Wildman–Crippen MR) is 50.7 cm³/mol. The van der Waals surface area contributed by atoms with Gasteiger partial charge in [-0.05, 0) is 12.1 Å². The van der Waals surface area contributed by atoms with Crippen molar-refractivity contribution in [1.82, 2.24) is 15.2 Å². The highest BCUT2D eigenvalue weighted by atomic mass is 35.5. The molecule has 0 saturated carbocycles. The highest BCUT2D eigenvalue weighted by Crippen LogP contribution is 2.24. The summed E-state index contributed by atoms with van der Waals surface area (Å²) in [6.45, 7) is 0. The van der Waals surface area contributed by atoms with Gasteiger partial charge in [0.15, 0.2) is 0 Å². The van der Waals surface area contributed by atoms with Gasteiger partial charge in [0.2, 0.25) is 0 Å². The molecule has 0 aromatic carbocycles. The van der Waals surface area contributed by atoms with E-state index in [1.807, 2.05) is 0 Å². The van der Waals surface area contributed by atoms with Gasteiger partial charge < -0.3 is 5.11 Å². The molecule has 0 aliphatic rings. The molecule has 0 aliphatic carbocycles. The smallest absolute Gasteiger partial charge is 0.141 e. The quantitative estimate of drug-likeness (QED) is 0.730. The lowest BCUT2D eigenvalue weighted by molar-refractivity contribution is 0.475. The molecule has 0 atom stereocenters. The van der Waals surface area contributed by atoms with Crippen LogP contribution in [0, 0.1) is 0 Å². The van der Waals surface area contributed by atoms with E-state index >= 15 is 0 Å². The summed E-state index contributed by atoms with van der Waals surface area (Å²) in [6, 6.07) is 3.27. The van der Waals surface area contributed by atoms with Crippen molar-refractivity contribution in [2.75, 3.05) is 0 Å². The van der Waals surface area contributed by atoms with Crippen LogP contribution in [0.4, 0.5) is 0 Å². The molecule has 0 unspecified atom stereocenters. The zero-order chi connectivity index (χ0) is 8.39. The third kappa shape index (κ3) is 1.78. The number of aromatic hydroxyl groups is 1. The Labute approximate surface area is 81.1 Å². The van der Waals surface area contributed by atoms with Crippen LogP contribution in [0.3, 0.4) is 0 Å². The summed E-state index contributed by atoms with van der Waals surface area (Å²) in [4.78, 5) is 4.01. The van der Waals surface area contributed by atoms with Crippen LogP contribution in [0.1, 0.15) is 0 Å². The maximum Gasteiger partial charge on any atom is 0.141 e. The summed E-state index contributed by atoms with van der Waals surface area (Å²) >= 11 is 0. The van der Waals surface area contributed by atoms with E-state index in [4.69, 9.17) is 0 Å². The van der Waals surface area contributed by atoms with E-state index in [0.29, 0.717) is 5.69 Å². The van der Waals surface area contributed by atoms with Gasteiger partial charge in [-0.2, -0.15) is 5.10 Å². The number of H-pyrrole nitrogens is 1. The normalized spacial score (nSPS) is 9.23. The molecule has 0 radical (unpaired) electrons. The summed E-state index contributed by atoms with van der Waals surface area (Å²) in [5.41, 5.74) is 1.33. The third-order valence-corrected chi connectivity index (χ3v) is 1.56. The van der Waals surface area contributed by atoms with Crippen LogP contribution in [0.25, 0.3) is 11.3 Å². The SMILES string of the molecule is Cl.Oc1cccnc1-c1cn[nH]c1. The molecular weight excluding hydrogens is 190 g/mol. The van der Waals surface area contributed by atoms with E-state index in [1.54, 1.807) is 30.7 Å². The largest absolute Gasteiger partial charge is 0.506 e. The van der Waals surface area contributed by atoms with Crippen LogP contribution in [0.15, 0.2) is 30.7 Å². The fourth-order valence-electron chi connectivity index (χ4n) is 1.000. The molecule has 68 valence electrons. The molecule has 13 heavy (non-hydrogen) atoms. The number of rotatable bonds is 1. The predicted octanol–water partition coefficient (Wildman–Crippen LogP) is 1.60. The van der Waals surface area contributed by atoms with Crippen LogP contribution in [0.5, 0.6) is 5.75 Å². The Morgan fingerprint density at radius 3 is 2.85 bits per heavy atom. The Morgan fingerprint density at radius 1 is 1.38 bits per heavy atom. The number of nitrogens with zero attached hydrogens (tertiary/aromatic N) is 2. The maximum absolute atomic E-state index is 9.38. The summed E-state index contributed by atoms with van der Waals surface area (Å²) in [5, 5.41) is 15.8. The lowest BCUT2D eigenvalue weighted by Crippen LogP contribution is -1.80. The van der Waals surface area contributed by atoms with Crippen LogP contribution >= 0.6 is 12.4 Å². The third-order valence-electron chi connectivity index (χ3n) is 1.56. The lowest BCUT2D eigenvalue weighted by atomic mass is 10.2. The topological polar surface area (TPSA) is 61.8 Å². The minimum Gasteiger partial charge on any atom is -0.506 e. The molecule has 0 fully saturated rings.